The van der Waals surface area contributed by atoms with Gasteiger partial charge in [0.25, 0.3) is 0 Å². The van der Waals surface area contributed by atoms with Gasteiger partial charge in [-0.1, -0.05) is 0 Å². The molecule has 5 heteroatoms. The van der Waals surface area contributed by atoms with Crippen molar-refractivity contribution >= 4 is 11.7 Å². The number of anilines is 1. The summed E-state index contributed by atoms with van der Waals surface area (Å²) in [6.45, 7) is 1.77. The Morgan fingerprint density at radius 1 is 1.19 bits per heavy atom. The Kier molecular flexibility index (Phi) is 3.36. The van der Waals surface area contributed by atoms with E-state index >= 15 is 0 Å². The van der Waals surface area contributed by atoms with E-state index in [4.69, 9.17) is 0 Å². The van der Waals surface area contributed by atoms with Gasteiger partial charge < -0.3 is 5.32 Å². The van der Waals surface area contributed by atoms with Crippen LogP contribution in [0.4, 0.5) is 14.9 Å². The first-order valence-electron chi connectivity index (χ1n) is 5.32. The Balaban J connectivity index is 1.84. The molecular formula is C11H14FN3O. The van der Waals surface area contributed by atoms with Crippen LogP contribution in [0.5, 0.6) is 0 Å². The van der Waals surface area contributed by atoms with Crippen LogP contribution in [-0.4, -0.2) is 24.1 Å². The van der Waals surface area contributed by atoms with Gasteiger partial charge in [0.2, 0.25) is 0 Å². The lowest BCUT2D eigenvalue weighted by Gasteiger charge is -2.16. The Morgan fingerprint density at radius 2 is 1.81 bits per heavy atom. The number of carbonyl (C=O) groups excluding carboxylic acids is 1. The molecule has 0 radical (unpaired) electrons. The topological polar surface area (TPSA) is 44.4 Å². The Labute approximate surface area is 93.4 Å². The molecule has 1 aromatic carbocycles. The minimum absolute atomic E-state index is 0.284. The molecule has 0 aliphatic carbocycles. The molecule has 0 bridgehead atoms. The molecule has 2 rings (SSSR count). The molecule has 1 aromatic rings. The standard InChI is InChI=1S/C11H14FN3O/c12-9-3-5-10(6-4-9)13-11(16)14-15-7-1-2-8-15/h3-6H,1-2,7-8H2,(H2,13,14,16). The third-order valence-electron chi connectivity index (χ3n) is 2.47. The molecule has 2 amide bonds. The predicted octanol–water partition coefficient (Wildman–Crippen LogP) is 1.96. The van der Waals surface area contributed by atoms with E-state index in [1.165, 1.54) is 24.3 Å². The van der Waals surface area contributed by atoms with Crippen molar-refractivity contribution in [1.29, 1.82) is 0 Å². The average molecular weight is 223 g/mol. The van der Waals surface area contributed by atoms with Gasteiger partial charge >= 0.3 is 6.03 Å². The number of benzene rings is 1. The maximum Gasteiger partial charge on any atom is 0.333 e. The molecule has 0 saturated carbocycles. The maximum atomic E-state index is 12.6. The summed E-state index contributed by atoms with van der Waals surface area (Å²) in [6, 6.07) is 5.39. The van der Waals surface area contributed by atoms with Crippen LogP contribution in [0.25, 0.3) is 0 Å². The molecule has 16 heavy (non-hydrogen) atoms. The fourth-order valence-corrected chi connectivity index (χ4v) is 1.66. The number of nitrogens with one attached hydrogen (secondary N) is 2. The number of urea groups is 1. The van der Waals surface area contributed by atoms with Crippen LogP contribution in [0.3, 0.4) is 0 Å². The van der Waals surface area contributed by atoms with Crippen molar-refractivity contribution in [3.63, 3.8) is 0 Å². The van der Waals surface area contributed by atoms with Gasteiger partial charge in [-0.15, -0.1) is 0 Å². The van der Waals surface area contributed by atoms with Gasteiger partial charge in [0.05, 0.1) is 0 Å². The van der Waals surface area contributed by atoms with E-state index in [0.717, 1.165) is 25.9 Å². The van der Waals surface area contributed by atoms with Gasteiger partial charge in [-0.05, 0) is 37.1 Å². The van der Waals surface area contributed by atoms with E-state index in [2.05, 4.69) is 10.7 Å². The summed E-state index contributed by atoms with van der Waals surface area (Å²) in [6.07, 6.45) is 2.22. The number of rotatable bonds is 2. The van der Waals surface area contributed by atoms with Crippen molar-refractivity contribution in [2.24, 2.45) is 0 Å². The zero-order valence-electron chi connectivity index (χ0n) is 8.87. The third kappa shape index (κ3) is 2.93. The predicted molar refractivity (Wildman–Crippen MR) is 59.4 cm³/mol. The van der Waals surface area contributed by atoms with Crippen molar-refractivity contribution < 1.29 is 9.18 Å². The van der Waals surface area contributed by atoms with E-state index < -0.39 is 0 Å². The van der Waals surface area contributed by atoms with Gasteiger partial charge in [-0.25, -0.2) is 14.2 Å². The second-order valence-electron chi connectivity index (χ2n) is 3.77. The van der Waals surface area contributed by atoms with Gasteiger partial charge in [0.1, 0.15) is 5.82 Å². The van der Waals surface area contributed by atoms with Crippen LogP contribution >= 0.6 is 0 Å². The van der Waals surface area contributed by atoms with E-state index in [1.54, 1.807) is 0 Å². The first kappa shape index (κ1) is 10.9. The van der Waals surface area contributed by atoms with E-state index in [-0.39, 0.29) is 11.8 Å². The number of hydrazine groups is 1. The molecular weight excluding hydrogens is 209 g/mol. The molecule has 0 aromatic heterocycles. The summed E-state index contributed by atoms with van der Waals surface area (Å²) < 4.78 is 12.6. The first-order chi connectivity index (χ1) is 7.74. The molecule has 86 valence electrons. The molecule has 4 nitrogen and oxygen atoms in total. The number of amides is 2. The van der Waals surface area contributed by atoms with Crippen molar-refractivity contribution in [2.45, 2.75) is 12.8 Å². The monoisotopic (exact) mass is 223 g/mol. The molecule has 0 atom stereocenters. The van der Waals surface area contributed by atoms with Gasteiger partial charge in [-0.3, -0.25) is 5.43 Å². The van der Waals surface area contributed by atoms with Crippen LogP contribution in [0, 0.1) is 5.82 Å². The van der Waals surface area contributed by atoms with E-state index in [9.17, 15) is 9.18 Å². The van der Waals surface area contributed by atoms with Crippen molar-refractivity contribution in [3.8, 4) is 0 Å². The summed E-state index contributed by atoms with van der Waals surface area (Å²) in [5.41, 5.74) is 3.31. The lowest BCUT2D eigenvalue weighted by Crippen LogP contribution is -2.42. The highest BCUT2D eigenvalue weighted by molar-refractivity contribution is 5.88. The highest BCUT2D eigenvalue weighted by Gasteiger charge is 2.13. The zero-order chi connectivity index (χ0) is 11.4. The van der Waals surface area contributed by atoms with E-state index in [0.29, 0.717) is 5.69 Å². The number of nitrogens with zero attached hydrogens (tertiary/aromatic N) is 1. The largest absolute Gasteiger partial charge is 0.333 e. The van der Waals surface area contributed by atoms with Crippen LogP contribution in [0.2, 0.25) is 0 Å². The summed E-state index contributed by atoms with van der Waals surface area (Å²) in [5, 5.41) is 4.51. The highest BCUT2D eigenvalue weighted by atomic mass is 19.1. The van der Waals surface area contributed by atoms with Gasteiger partial charge in [-0.2, -0.15) is 0 Å². The number of carbonyl (C=O) groups is 1. The van der Waals surface area contributed by atoms with Gasteiger partial charge in [0, 0.05) is 18.8 Å². The average Bonchev–Trinajstić information content (AvgIpc) is 2.74. The molecule has 1 heterocycles. The van der Waals surface area contributed by atoms with Crippen LogP contribution in [0.15, 0.2) is 24.3 Å². The van der Waals surface area contributed by atoms with E-state index in [1.807, 2.05) is 5.01 Å². The Hall–Kier alpha value is -1.62. The minimum atomic E-state index is -0.314. The smallest absolute Gasteiger partial charge is 0.307 e. The second-order valence-corrected chi connectivity index (χ2v) is 3.77. The lowest BCUT2D eigenvalue weighted by molar-refractivity contribution is 0.209. The Morgan fingerprint density at radius 3 is 2.44 bits per heavy atom. The molecule has 2 N–H and O–H groups in total. The third-order valence-corrected chi connectivity index (χ3v) is 2.47. The number of halogens is 1. The molecule has 1 saturated heterocycles. The van der Waals surface area contributed by atoms with Crippen molar-refractivity contribution in [2.75, 3.05) is 18.4 Å². The van der Waals surface area contributed by atoms with Crippen LogP contribution in [-0.2, 0) is 0 Å². The van der Waals surface area contributed by atoms with Crippen molar-refractivity contribution in [1.82, 2.24) is 10.4 Å². The molecule has 1 aliphatic rings. The maximum absolute atomic E-state index is 12.6. The highest BCUT2D eigenvalue weighted by Crippen LogP contribution is 2.08. The Bertz CT molecular complexity index is 360. The normalized spacial score (nSPS) is 16.1. The fraction of sp³-hybridized carbons (Fsp3) is 0.364. The zero-order valence-corrected chi connectivity index (χ0v) is 8.87. The quantitative estimate of drug-likeness (QED) is 0.805. The fourth-order valence-electron chi connectivity index (χ4n) is 1.66. The molecule has 0 unspecified atom stereocenters. The minimum Gasteiger partial charge on any atom is -0.307 e. The summed E-state index contributed by atoms with van der Waals surface area (Å²) in [4.78, 5) is 11.5. The summed E-state index contributed by atoms with van der Waals surface area (Å²) in [5.74, 6) is -0.314. The number of hydrogen-bond donors (Lipinski definition) is 2. The summed E-state index contributed by atoms with van der Waals surface area (Å²) >= 11 is 0. The van der Waals surface area contributed by atoms with Crippen molar-refractivity contribution in [3.05, 3.63) is 30.1 Å². The molecule has 0 spiro atoms. The molecule has 1 fully saturated rings. The SMILES string of the molecule is O=C(Nc1ccc(F)cc1)NN1CCCC1. The first-order valence-corrected chi connectivity index (χ1v) is 5.32. The molecule has 1 aliphatic heterocycles. The van der Waals surface area contributed by atoms with Crippen LogP contribution in [0.1, 0.15) is 12.8 Å². The van der Waals surface area contributed by atoms with Crippen LogP contribution < -0.4 is 10.7 Å². The second kappa shape index (κ2) is 4.94. The lowest BCUT2D eigenvalue weighted by atomic mass is 10.3. The summed E-state index contributed by atoms with van der Waals surface area (Å²) in [7, 11) is 0. The van der Waals surface area contributed by atoms with Gasteiger partial charge in [0.15, 0.2) is 0 Å². The number of hydrogen-bond acceptors (Lipinski definition) is 2.